The van der Waals surface area contributed by atoms with Gasteiger partial charge in [0.2, 0.25) is 0 Å². The fourth-order valence-corrected chi connectivity index (χ4v) is 4.85. The Morgan fingerprint density at radius 1 is 1.12 bits per heavy atom. The lowest BCUT2D eigenvalue weighted by atomic mass is 10.2. The number of methoxy groups -OCH3 is 1. The zero-order valence-corrected chi connectivity index (χ0v) is 20.3. The Morgan fingerprint density at radius 2 is 1.76 bits per heavy atom. The first kappa shape index (κ1) is 23.2. The number of ether oxygens (including phenoxy) is 2. The molecule has 0 saturated carbocycles. The Bertz CT molecular complexity index is 1100. The lowest BCUT2D eigenvalue weighted by Gasteiger charge is -2.35. The van der Waals surface area contributed by atoms with E-state index in [0.717, 1.165) is 22.8 Å². The number of carbonyl (C=O) groups excluding carboxylic acids is 1. The fraction of sp³-hybridized carbons (Fsp3) is 0.435. The molecule has 174 valence electrons. The molecule has 0 bridgehead atoms. The number of carbonyl (C=O) groups is 1. The van der Waals surface area contributed by atoms with E-state index in [1.165, 1.54) is 11.8 Å². The van der Waals surface area contributed by atoms with Gasteiger partial charge in [0.05, 0.1) is 30.7 Å². The van der Waals surface area contributed by atoms with Gasteiger partial charge >= 0.3 is 0 Å². The van der Waals surface area contributed by atoms with E-state index in [2.05, 4.69) is 20.3 Å². The van der Waals surface area contributed by atoms with Gasteiger partial charge in [0.25, 0.3) is 5.91 Å². The molecule has 3 aromatic rings. The second kappa shape index (κ2) is 9.88. The summed E-state index contributed by atoms with van der Waals surface area (Å²) in [5.41, 5.74) is 3.63. The standard InChI is InChI=1S/C23H28N6O3S/c1-14-10-15(2)25-23(24-14)33-13-20-21(22(30)28-11-16(3)32-17(4)12-28)26-27-29(20)18-6-8-19(31-5)9-7-18/h6-10,16-17H,11-13H2,1-5H3. The van der Waals surface area contributed by atoms with E-state index in [4.69, 9.17) is 9.47 Å². The molecule has 3 heterocycles. The third-order valence-electron chi connectivity index (χ3n) is 5.29. The van der Waals surface area contributed by atoms with Crippen molar-refractivity contribution in [3.05, 3.63) is 53.1 Å². The first-order valence-corrected chi connectivity index (χ1v) is 11.8. The Hall–Kier alpha value is -2.98. The normalized spacial score (nSPS) is 18.4. The molecule has 1 aromatic carbocycles. The van der Waals surface area contributed by atoms with Gasteiger partial charge in [0.1, 0.15) is 5.75 Å². The zero-order chi connectivity index (χ0) is 23.5. The number of hydrogen-bond acceptors (Lipinski definition) is 8. The van der Waals surface area contributed by atoms with Crippen molar-refractivity contribution in [2.75, 3.05) is 20.2 Å². The number of rotatable bonds is 6. The highest BCUT2D eigenvalue weighted by Gasteiger charge is 2.31. The third-order valence-corrected chi connectivity index (χ3v) is 6.15. The topological polar surface area (TPSA) is 95.3 Å². The molecular formula is C23H28N6O3S. The Morgan fingerprint density at radius 3 is 2.36 bits per heavy atom. The summed E-state index contributed by atoms with van der Waals surface area (Å²) >= 11 is 1.46. The van der Waals surface area contributed by atoms with Crippen molar-refractivity contribution < 1.29 is 14.3 Å². The van der Waals surface area contributed by atoms with Gasteiger partial charge in [-0.2, -0.15) is 0 Å². The van der Waals surface area contributed by atoms with Crippen LogP contribution in [0.3, 0.4) is 0 Å². The van der Waals surface area contributed by atoms with Gasteiger partial charge in [0.15, 0.2) is 10.9 Å². The minimum atomic E-state index is -0.145. The number of morpholine rings is 1. The predicted octanol–water partition coefficient (Wildman–Crippen LogP) is 3.22. The van der Waals surface area contributed by atoms with E-state index in [0.29, 0.717) is 35.4 Å². The Balaban J connectivity index is 1.68. The second-order valence-electron chi connectivity index (χ2n) is 8.18. The molecular weight excluding hydrogens is 440 g/mol. The monoisotopic (exact) mass is 468 g/mol. The molecule has 0 radical (unpaired) electrons. The van der Waals surface area contributed by atoms with Crippen molar-refractivity contribution >= 4 is 17.7 Å². The number of hydrogen-bond donors (Lipinski definition) is 0. The van der Waals surface area contributed by atoms with E-state index in [-0.39, 0.29) is 18.1 Å². The van der Waals surface area contributed by atoms with E-state index < -0.39 is 0 Å². The second-order valence-corrected chi connectivity index (χ2v) is 9.13. The van der Waals surface area contributed by atoms with Gasteiger partial charge in [-0.05, 0) is 58.0 Å². The van der Waals surface area contributed by atoms with Crippen molar-refractivity contribution in [1.82, 2.24) is 29.9 Å². The van der Waals surface area contributed by atoms with Crippen molar-refractivity contribution in [3.63, 3.8) is 0 Å². The summed E-state index contributed by atoms with van der Waals surface area (Å²) in [4.78, 5) is 24.3. The smallest absolute Gasteiger partial charge is 0.276 e. The maximum Gasteiger partial charge on any atom is 0.276 e. The van der Waals surface area contributed by atoms with Crippen molar-refractivity contribution in [2.45, 2.75) is 50.8 Å². The van der Waals surface area contributed by atoms with Crippen LogP contribution < -0.4 is 4.74 Å². The molecule has 1 amide bonds. The lowest BCUT2D eigenvalue weighted by Crippen LogP contribution is -2.48. The molecule has 1 saturated heterocycles. The van der Waals surface area contributed by atoms with Gasteiger partial charge in [-0.1, -0.05) is 17.0 Å². The molecule has 1 aliphatic heterocycles. The van der Waals surface area contributed by atoms with E-state index in [1.54, 1.807) is 16.7 Å². The third kappa shape index (κ3) is 5.33. The van der Waals surface area contributed by atoms with E-state index >= 15 is 0 Å². The van der Waals surface area contributed by atoms with Crippen LogP contribution in [0.1, 0.15) is 41.4 Å². The summed E-state index contributed by atoms with van der Waals surface area (Å²) in [7, 11) is 1.62. The van der Waals surface area contributed by atoms with Crippen LogP contribution in [0.25, 0.3) is 5.69 Å². The van der Waals surface area contributed by atoms with Gasteiger partial charge < -0.3 is 14.4 Å². The van der Waals surface area contributed by atoms with Crippen molar-refractivity contribution in [1.29, 1.82) is 0 Å². The highest BCUT2D eigenvalue weighted by Crippen LogP contribution is 2.26. The molecule has 0 N–H and O–H groups in total. The highest BCUT2D eigenvalue weighted by atomic mass is 32.2. The lowest BCUT2D eigenvalue weighted by molar-refractivity contribution is -0.0587. The van der Waals surface area contributed by atoms with Crippen LogP contribution in [0.2, 0.25) is 0 Å². The number of thioether (sulfide) groups is 1. The number of aromatic nitrogens is 5. The summed E-state index contributed by atoms with van der Waals surface area (Å²) in [6.07, 6.45) is -0.0633. The molecule has 4 rings (SSSR count). The molecule has 2 atom stereocenters. The zero-order valence-electron chi connectivity index (χ0n) is 19.5. The number of amides is 1. The largest absolute Gasteiger partial charge is 0.497 e. The summed E-state index contributed by atoms with van der Waals surface area (Å²) in [5, 5.41) is 9.29. The number of benzene rings is 1. The van der Waals surface area contributed by atoms with Crippen LogP contribution in [-0.4, -0.2) is 68.2 Å². The SMILES string of the molecule is COc1ccc(-n2nnc(C(=O)N3CC(C)OC(C)C3)c2CSc2nc(C)cc(C)n2)cc1. The molecule has 0 aliphatic carbocycles. The molecule has 0 spiro atoms. The summed E-state index contributed by atoms with van der Waals surface area (Å²) in [5.74, 6) is 1.04. The van der Waals surface area contributed by atoms with Gasteiger partial charge in [-0.3, -0.25) is 4.79 Å². The minimum absolute atomic E-state index is 0.0316. The minimum Gasteiger partial charge on any atom is -0.497 e. The highest BCUT2D eigenvalue weighted by molar-refractivity contribution is 7.98. The quantitative estimate of drug-likeness (QED) is 0.402. The maximum absolute atomic E-state index is 13.5. The van der Waals surface area contributed by atoms with Crippen LogP contribution in [0.15, 0.2) is 35.5 Å². The number of nitrogens with zero attached hydrogens (tertiary/aromatic N) is 6. The average Bonchev–Trinajstić information content (AvgIpc) is 3.19. The van der Waals surface area contributed by atoms with Crippen LogP contribution >= 0.6 is 11.8 Å². The first-order valence-electron chi connectivity index (χ1n) is 10.8. The Labute approximate surface area is 197 Å². The maximum atomic E-state index is 13.5. The average molecular weight is 469 g/mol. The van der Waals surface area contributed by atoms with Gasteiger partial charge in [-0.25, -0.2) is 14.6 Å². The van der Waals surface area contributed by atoms with Crippen molar-refractivity contribution in [2.24, 2.45) is 0 Å². The van der Waals surface area contributed by atoms with Crippen LogP contribution in [0.5, 0.6) is 5.75 Å². The molecule has 2 aromatic heterocycles. The van der Waals surface area contributed by atoms with Crippen LogP contribution in [-0.2, 0) is 10.5 Å². The van der Waals surface area contributed by atoms with E-state index in [1.807, 2.05) is 58.0 Å². The molecule has 10 heteroatoms. The molecule has 1 fully saturated rings. The van der Waals surface area contributed by atoms with Crippen LogP contribution in [0, 0.1) is 13.8 Å². The Kier molecular flexibility index (Phi) is 6.94. The molecule has 9 nitrogen and oxygen atoms in total. The summed E-state index contributed by atoms with van der Waals surface area (Å²) in [6.45, 7) is 8.86. The predicted molar refractivity (Wildman–Crippen MR) is 125 cm³/mol. The van der Waals surface area contributed by atoms with Gasteiger partial charge in [-0.15, -0.1) is 5.10 Å². The molecule has 1 aliphatic rings. The first-order chi connectivity index (χ1) is 15.8. The van der Waals surface area contributed by atoms with E-state index in [9.17, 15) is 4.79 Å². The van der Waals surface area contributed by atoms with Gasteiger partial charge in [0, 0.05) is 30.2 Å². The number of aryl methyl sites for hydroxylation is 2. The summed E-state index contributed by atoms with van der Waals surface area (Å²) in [6, 6.07) is 9.43. The van der Waals surface area contributed by atoms with Crippen molar-refractivity contribution in [3.8, 4) is 11.4 Å². The fourth-order valence-electron chi connectivity index (χ4n) is 3.91. The summed E-state index contributed by atoms with van der Waals surface area (Å²) < 4.78 is 12.8. The van der Waals surface area contributed by atoms with Crippen LogP contribution in [0.4, 0.5) is 0 Å². The molecule has 2 unspecified atom stereocenters. The molecule has 33 heavy (non-hydrogen) atoms.